The van der Waals surface area contributed by atoms with Crippen LogP contribution in [0.25, 0.3) is 11.1 Å². The normalized spacial score (nSPS) is 17.5. The number of hydrogen-bond acceptors (Lipinski definition) is 5. The molecule has 4 aromatic rings. The zero-order chi connectivity index (χ0) is 24.8. The molecule has 0 spiro atoms. The van der Waals surface area contributed by atoms with Crippen molar-refractivity contribution in [2.24, 2.45) is 5.14 Å². The fourth-order valence-electron chi connectivity index (χ4n) is 4.30. The van der Waals surface area contributed by atoms with E-state index in [0.29, 0.717) is 5.69 Å². The van der Waals surface area contributed by atoms with Crippen molar-refractivity contribution in [2.45, 2.75) is 17.0 Å². The van der Waals surface area contributed by atoms with Gasteiger partial charge < -0.3 is 10.0 Å². The summed E-state index contributed by atoms with van der Waals surface area (Å²) >= 11 is 0. The molecular weight excluding hydrogens is 469 g/mol. The minimum absolute atomic E-state index is 0.0826. The fraction of sp³-hybridized carbons (Fsp3) is 0.0769. The van der Waals surface area contributed by atoms with E-state index in [1.54, 1.807) is 12.4 Å². The van der Waals surface area contributed by atoms with Crippen molar-refractivity contribution in [1.82, 2.24) is 4.98 Å². The number of carbonyl (C=O) groups is 1. The van der Waals surface area contributed by atoms with Crippen molar-refractivity contribution >= 4 is 21.6 Å². The van der Waals surface area contributed by atoms with Crippen molar-refractivity contribution in [3.05, 3.63) is 114 Å². The SMILES string of the molecule is NS(=O)(=O)c1ccc(C2(O)C(=O)N(Cc3ccc(-c4ccncc4)cc3)c3ccc(F)cc32)cc1. The summed E-state index contributed by atoms with van der Waals surface area (Å²) in [6.07, 6.45) is 3.41. The highest BCUT2D eigenvalue weighted by molar-refractivity contribution is 7.89. The smallest absolute Gasteiger partial charge is 0.268 e. The fourth-order valence-corrected chi connectivity index (χ4v) is 4.82. The number of nitrogens with two attached hydrogens (primary N) is 1. The molecule has 35 heavy (non-hydrogen) atoms. The number of pyridine rings is 1. The summed E-state index contributed by atoms with van der Waals surface area (Å²) in [5, 5.41) is 16.8. The summed E-state index contributed by atoms with van der Waals surface area (Å²) in [6.45, 7) is 0.145. The Bertz CT molecular complexity index is 1530. The number of anilines is 1. The molecule has 0 saturated heterocycles. The Morgan fingerprint density at radius 3 is 2.17 bits per heavy atom. The first-order valence-electron chi connectivity index (χ1n) is 10.6. The largest absolute Gasteiger partial charge is 0.372 e. The van der Waals surface area contributed by atoms with E-state index in [1.165, 1.54) is 41.3 Å². The molecule has 0 fully saturated rings. The number of benzene rings is 3. The van der Waals surface area contributed by atoms with Gasteiger partial charge in [-0.2, -0.15) is 0 Å². The molecule has 3 aromatic carbocycles. The molecule has 1 aliphatic heterocycles. The average molecular weight is 490 g/mol. The van der Waals surface area contributed by atoms with Crippen molar-refractivity contribution in [3.8, 4) is 11.1 Å². The predicted octanol–water partition coefficient (Wildman–Crippen LogP) is 3.32. The second-order valence-electron chi connectivity index (χ2n) is 8.27. The van der Waals surface area contributed by atoms with Crippen LogP contribution in [0.3, 0.4) is 0 Å². The first kappa shape index (κ1) is 22.9. The van der Waals surface area contributed by atoms with Gasteiger partial charge >= 0.3 is 0 Å². The number of carbonyl (C=O) groups excluding carboxylic acids is 1. The van der Waals surface area contributed by atoms with E-state index in [1.807, 2.05) is 36.4 Å². The maximum Gasteiger partial charge on any atom is 0.268 e. The molecule has 2 heterocycles. The molecule has 1 amide bonds. The summed E-state index contributed by atoms with van der Waals surface area (Å²) in [4.78, 5) is 18.8. The zero-order valence-electron chi connectivity index (χ0n) is 18.3. The van der Waals surface area contributed by atoms with Gasteiger partial charge in [0.15, 0.2) is 5.60 Å². The van der Waals surface area contributed by atoms with Crippen LogP contribution < -0.4 is 10.0 Å². The standard InChI is InChI=1S/C26H20FN3O4S/c27-21-7-10-24-23(15-21)26(32,20-5-8-22(9-6-20)35(28,33)34)25(31)30(24)16-17-1-3-18(4-2-17)19-11-13-29-14-12-19/h1-15,32H,16H2,(H2,28,33,34). The second-order valence-corrected chi connectivity index (χ2v) is 9.83. The Hall–Kier alpha value is -3.92. The van der Waals surface area contributed by atoms with Crippen molar-refractivity contribution in [3.63, 3.8) is 0 Å². The molecule has 0 bridgehead atoms. The molecule has 0 aliphatic carbocycles. The third kappa shape index (κ3) is 3.99. The first-order chi connectivity index (χ1) is 16.7. The van der Waals surface area contributed by atoms with Gasteiger partial charge in [0, 0.05) is 18.0 Å². The van der Waals surface area contributed by atoms with Crippen molar-refractivity contribution < 1.29 is 22.7 Å². The Balaban J connectivity index is 1.51. The quantitative estimate of drug-likeness (QED) is 0.447. The number of primary sulfonamides is 1. The summed E-state index contributed by atoms with van der Waals surface area (Å²) in [5.74, 6) is -1.28. The molecule has 1 aliphatic rings. The molecule has 1 atom stereocenters. The van der Waals surface area contributed by atoms with Crippen LogP contribution in [0.4, 0.5) is 10.1 Å². The van der Waals surface area contributed by atoms with Crippen LogP contribution in [0.1, 0.15) is 16.7 Å². The lowest BCUT2D eigenvalue weighted by Gasteiger charge is -2.24. The van der Waals surface area contributed by atoms with Gasteiger partial charge in [-0.3, -0.25) is 9.78 Å². The third-order valence-electron chi connectivity index (χ3n) is 6.10. The van der Waals surface area contributed by atoms with Gasteiger partial charge in [-0.1, -0.05) is 36.4 Å². The predicted molar refractivity (Wildman–Crippen MR) is 128 cm³/mol. The van der Waals surface area contributed by atoms with Gasteiger partial charge in [-0.25, -0.2) is 17.9 Å². The molecule has 7 nitrogen and oxygen atoms in total. The minimum atomic E-state index is -3.96. The monoisotopic (exact) mass is 489 g/mol. The molecule has 5 rings (SSSR count). The summed E-state index contributed by atoms with van der Waals surface area (Å²) < 4.78 is 37.4. The van der Waals surface area contributed by atoms with Crippen molar-refractivity contribution in [1.29, 1.82) is 0 Å². The van der Waals surface area contributed by atoms with E-state index in [9.17, 15) is 22.7 Å². The lowest BCUT2D eigenvalue weighted by Crippen LogP contribution is -2.41. The molecule has 1 unspecified atom stereocenters. The van der Waals surface area contributed by atoms with Crippen LogP contribution >= 0.6 is 0 Å². The molecule has 0 saturated carbocycles. The van der Waals surface area contributed by atoms with E-state index >= 15 is 0 Å². The van der Waals surface area contributed by atoms with Gasteiger partial charge in [0.05, 0.1) is 17.1 Å². The molecule has 1 aromatic heterocycles. The molecule has 176 valence electrons. The van der Waals surface area contributed by atoms with E-state index in [4.69, 9.17) is 5.14 Å². The second kappa shape index (κ2) is 8.38. The van der Waals surface area contributed by atoms with Crippen LogP contribution in [0, 0.1) is 5.82 Å². The number of fused-ring (bicyclic) bond motifs is 1. The van der Waals surface area contributed by atoms with Crippen molar-refractivity contribution in [2.75, 3.05) is 4.90 Å². The number of amides is 1. The number of halogens is 1. The van der Waals surface area contributed by atoms with Crippen LogP contribution in [-0.4, -0.2) is 24.4 Å². The Kier molecular flexibility index (Phi) is 5.47. The highest BCUT2D eigenvalue weighted by Crippen LogP contribution is 2.45. The molecule has 3 N–H and O–H groups in total. The van der Waals surface area contributed by atoms with Gasteiger partial charge in [0.1, 0.15) is 5.82 Å². The number of sulfonamides is 1. The maximum absolute atomic E-state index is 14.2. The number of aromatic nitrogens is 1. The minimum Gasteiger partial charge on any atom is -0.372 e. The lowest BCUT2D eigenvalue weighted by atomic mass is 9.87. The number of rotatable bonds is 5. The summed E-state index contributed by atoms with van der Waals surface area (Å²) in [5.41, 5.74) is 1.16. The topological polar surface area (TPSA) is 114 Å². The molecule has 0 radical (unpaired) electrons. The van der Waals surface area contributed by atoms with E-state index in [0.717, 1.165) is 22.8 Å². The Morgan fingerprint density at radius 1 is 0.914 bits per heavy atom. The van der Waals surface area contributed by atoms with Crippen LogP contribution in [0.5, 0.6) is 0 Å². The van der Waals surface area contributed by atoms with Crippen LogP contribution in [-0.2, 0) is 27.0 Å². The Labute approximate surface area is 201 Å². The molecular formula is C26H20FN3O4S. The zero-order valence-corrected chi connectivity index (χ0v) is 19.1. The van der Waals surface area contributed by atoms with E-state index in [-0.39, 0.29) is 22.6 Å². The first-order valence-corrected chi connectivity index (χ1v) is 12.2. The highest BCUT2D eigenvalue weighted by Gasteiger charge is 2.51. The van der Waals surface area contributed by atoms with Gasteiger partial charge in [-0.15, -0.1) is 0 Å². The molecule has 9 heteroatoms. The number of nitrogens with zero attached hydrogens (tertiary/aromatic N) is 2. The number of aliphatic hydroxyl groups is 1. The van der Waals surface area contributed by atoms with Crippen LogP contribution in [0.15, 0.2) is 96.2 Å². The van der Waals surface area contributed by atoms with Gasteiger partial charge in [0.25, 0.3) is 5.91 Å². The van der Waals surface area contributed by atoms with E-state index < -0.39 is 27.3 Å². The summed E-state index contributed by atoms with van der Waals surface area (Å²) in [7, 11) is -3.96. The highest BCUT2D eigenvalue weighted by atomic mass is 32.2. The van der Waals surface area contributed by atoms with Crippen LogP contribution in [0.2, 0.25) is 0 Å². The van der Waals surface area contributed by atoms with E-state index in [2.05, 4.69) is 4.98 Å². The Morgan fingerprint density at radius 2 is 1.54 bits per heavy atom. The van der Waals surface area contributed by atoms with Gasteiger partial charge in [0.2, 0.25) is 10.0 Å². The van der Waals surface area contributed by atoms with Gasteiger partial charge in [-0.05, 0) is 64.7 Å². The summed E-state index contributed by atoms with van der Waals surface area (Å²) in [6, 6.07) is 20.2. The average Bonchev–Trinajstić information content (AvgIpc) is 3.07. The third-order valence-corrected chi connectivity index (χ3v) is 7.03. The maximum atomic E-state index is 14.2. The lowest BCUT2D eigenvalue weighted by molar-refractivity contribution is -0.132. The number of hydrogen-bond donors (Lipinski definition) is 2.